The van der Waals surface area contributed by atoms with Crippen molar-refractivity contribution in [2.45, 2.75) is 96.6 Å². The molecule has 0 spiro atoms. The molecule has 0 fully saturated rings. The minimum atomic E-state index is 0.558. The lowest BCUT2D eigenvalue weighted by Crippen LogP contribution is -2.31. The summed E-state index contributed by atoms with van der Waals surface area (Å²) < 4.78 is 0. The van der Waals surface area contributed by atoms with Gasteiger partial charge in [-0.25, -0.2) is 0 Å². The van der Waals surface area contributed by atoms with Gasteiger partial charge in [0.15, 0.2) is 0 Å². The summed E-state index contributed by atoms with van der Waals surface area (Å²) in [6.45, 7) is 17.7. The molecule has 0 aliphatic heterocycles. The molecule has 2 unspecified atom stereocenters. The summed E-state index contributed by atoms with van der Waals surface area (Å²) in [5, 5.41) is 1.38. The van der Waals surface area contributed by atoms with Gasteiger partial charge in [-0.05, 0) is 32.9 Å². The fourth-order valence-corrected chi connectivity index (χ4v) is 4.77. The van der Waals surface area contributed by atoms with Crippen LogP contribution in [0.2, 0.25) is 0 Å². The first-order chi connectivity index (χ1) is 11.9. The Morgan fingerprint density at radius 2 is 1.60 bits per heavy atom. The maximum absolute atomic E-state index is 4.46. The number of rotatable bonds is 15. The Hall–Kier alpha value is -0.0900. The molecule has 0 aromatic carbocycles. The molecule has 0 saturated carbocycles. The predicted molar refractivity (Wildman–Crippen MR) is 122 cm³/mol. The Kier molecular flexibility index (Phi) is 15.0. The molecule has 0 bridgehead atoms. The van der Waals surface area contributed by atoms with Gasteiger partial charge in [-0.3, -0.25) is 4.99 Å². The minimum absolute atomic E-state index is 0.558. The zero-order valence-corrected chi connectivity index (χ0v) is 19.4. The van der Waals surface area contributed by atoms with Crippen molar-refractivity contribution >= 4 is 30.2 Å². The van der Waals surface area contributed by atoms with Crippen LogP contribution in [0.25, 0.3) is 0 Å². The Balaban J connectivity index is 5.22. The first-order valence-corrected chi connectivity index (χ1v) is 12.2. The van der Waals surface area contributed by atoms with E-state index in [-0.39, 0.29) is 0 Å². The van der Waals surface area contributed by atoms with E-state index in [1.165, 1.54) is 49.9 Å². The molecular formula is C21H42N2S2. The predicted octanol–water partition coefficient (Wildman–Crippen LogP) is 6.86. The molecule has 0 saturated heterocycles. The van der Waals surface area contributed by atoms with Crippen molar-refractivity contribution in [3.8, 4) is 0 Å². The van der Waals surface area contributed by atoms with Gasteiger partial charge in [-0.2, -0.15) is 23.5 Å². The molecule has 0 N–H and O–H groups in total. The Morgan fingerprint density at radius 3 is 2.12 bits per heavy atom. The maximum Gasteiger partial charge on any atom is 0.0694 e. The van der Waals surface area contributed by atoms with Gasteiger partial charge in [0.1, 0.15) is 0 Å². The van der Waals surface area contributed by atoms with Crippen molar-refractivity contribution in [3.05, 3.63) is 11.4 Å². The largest absolute Gasteiger partial charge is 0.373 e. The van der Waals surface area contributed by atoms with Gasteiger partial charge in [0, 0.05) is 40.8 Å². The van der Waals surface area contributed by atoms with E-state index in [9.17, 15) is 0 Å². The zero-order valence-electron chi connectivity index (χ0n) is 17.8. The average molecular weight is 387 g/mol. The van der Waals surface area contributed by atoms with E-state index < -0.39 is 0 Å². The normalized spacial score (nSPS) is 16.1. The van der Waals surface area contributed by atoms with Gasteiger partial charge >= 0.3 is 0 Å². The molecule has 0 aliphatic carbocycles. The monoisotopic (exact) mass is 386 g/mol. The quantitative estimate of drug-likeness (QED) is 0.286. The fourth-order valence-electron chi connectivity index (χ4n) is 2.62. The third kappa shape index (κ3) is 10.6. The molecule has 0 radical (unpaired) electrons. The van der Waals surface area contributed by atoms with Crippen LogP contribution in [0.15, 0.2) is 16.4 Å². The molecule has 0 rings (SSSR count). The molecule has 25 heavy (non-hydrogen) atoms. The Labute approximate surface area is 166 Å². The summed E-state index contributed by atoms with van der Waals surface area (Å²) in [7, 11) is 2.25. The maximum atomic E-state index is 4.46. The minimum Gasteiger partial charge on any atom is -0.373 e. The molecule has 4 heteroatoms. The highest BCUT2D eigenvalue weighted by atomic mass is 32.2. The standard InChI is InChI=1S/C21H42N2S2/c1-9-12-14-17(4)23(8)21(16-25-19(6)13-10-2)20(22-7)15-24-18(5)11-3/h17-19H,7,9-16H2,1-6,8H3/b21-20-/t17-,18?,19?/m1/s1. The highest BCUT2D eigenvalue weighted by molar-refractivity contribution is 8.00. The Bertz CT molecular complexity index is 382. The highest BCUT2D eigenvalue weighted by Gasteiger charge is 2.18. The van der Waals surface area contributed by atoms with Crippen LogP contribution in [0.1, 0.15) is 80.1 Å². The third-order valence-corrected chi connectivity index (χ3v) is 7.45. The third-order valence-electron chi connectivity index (χ3n) is 4.87. The summed E-state index contributed by atoms with van der Waals surface area (Å²) >= 11 is 4.07. The lowest BCUT2D eigenvalue weighted by atomic mass is 10.1. The van der Waals surface area contributed by atoms with Gasteiger partial charge < -0.3 is 4.90 Å². The van der Waals surface area contributed by atoms with Crippen molar-refractivity contribution < 1.29 is 0 Å². The molecule has 0 heterocycles. The summed E-state index contributed by atoms with van der Waals surface area (Å²) in [5.41, 5.74) is 2.58. The molecule has 0 aromatic heterocycles. The zero-order chi connectivity index (χ0) is 19.2. The van der Waals surface area contributed by atoms with E-state index in [1.807, 2.05) is 11.8 Å². The smallest absolute Gasteiger partial charge is 0.0694 e. The van der Waals surface area contributed by atoms with Gasteiger partial charge in [-0.1, -0.05) is 53.9 Å². The van der Waals surface area contributed by atoms with E-state index >= 15 is 0 Å². The van der Waals surface area contributed by atoms with Gasteiger partial charge in [0.05, 0.1) is 5.70 Å². The molecule has 0 aliphatic rings. The lowest BCUT2D eigenvalue weighted by molar-refractivity contribution is 0.301. The molecule has 2 nitrogen and oxygen atoms in total. The topological polar surface area (TPSA) is 15.6 Å². The van der Waals surface area contributed by atoms with Crippen LogP contribution in [-0.4, -0.2) is 46.7 Å². The van der Waals surface area contributed by atoms with Gasteiger partial charge in [0.2, 0.25) is 0 Å². The van der Waals surface area contributed by atoms with Gasteiger partial charge in [-0.15, -0.1) is 0 Å². The molecule has 3 atom stereocenters. The van der Waals surface area contributed by atoms with Gasteiger partial charge in [0.25, 0.3) is 0 Å². The number of thioether (sulfide) groups is 2. The number of unbranched alkanes of at least 4 members (excludes halogenated alkanes) is 1. The van der Waals surface area contributed by atoms with Crippen molar-refractivity contribution in [2.24, 2.45) is 4.99 Å². The van der Waals surface area contributed by atoms with Crippen LogP contribution in [0.3, 0.4) is 0 Å². The molecular weight excluding hydrogens is 344 g/mol. The molecule has 148 valence electrons. The SMILES string of the molecule is C=N/C(CSC(C)CC)=C(/CSC(C)CCC)N(C)[C@H](C)CCCC. The Morgan fingerprint density at radius 1 is 0.960 bits per heavy atom. The number of aliphatic imine (C=N–C) groups is 1. The van der Waals surface area contributed by atoms with E-state index in [4.69, 9.17) is 0 Å². The summed E-state index contributed by atoms with van der Waals surface area (Å²) in [6.07, 6.45) is 7.54. The number of hydrogen-bond donors (Lipinski definition) is 0. The van der Waals surface area contributed by atoms with Crippen LogP contribution >= 0.6 is 23.5 Å². The van der Waals surface area contributed by atoms with E-state index in [1.54, 1.807) is 0 Å². The second-order valence-electron chi connectivity index (χ2n) is 7.09. The second-order valence-corrected chi connectivity index (χ2v) is 9.95. The van der Waals surface area contributed by atoms with Crippen LogP contribution in [0, 0.1) is 0 Å². The summed E-state index contributed by atoms with van der Waals surface area (Å²) in [6, 6.07) is 0.558. The number of hydrogen-bond acceptors (Lipinski definition) is 4. The van der Waals surface area contributed by atoms with E-state index in [0.717, 1.165) is 11.5 Å². The average Bonchev–Trinajstić information content (AvgIpc) is 2.61. The van der Waals surface area contributed by atoms with Crippen molar-refractivity contribution in [3.63, 3.8) is 0 Å². The van der Waals surface area contributed by atoms with Crippen molar-refractivity contribution in [1.82, 2.24) is 4.90 Å². The molecule has 0 amide bonds. The van der Waals surface area contributed by atoms with Crippen LogP contribution < -0.4 is 0 Å². The number of nitrogens with zero attached hydrogens (tertiary/aromatic N) is 2. The van der Waals surface area contributed by atoms with E-state index in [0.29, 0.717) is 16.5 Å². The van der Waals surface area contributed by atoms with Crippen LogP contribution in [0.5, 0.6) is 0 Å². The summed E-state index contributed by atoms with van der Waals surface area (Å²) in [5.74, 6) is 2.02. The first-order valence-electron chi connectivity index (χ1n) is 10.1. The highest BCUT2D eigenvalue weighted by Crippen LogP contribution is 2.27. The van der Waals surface area contributed by atoms with Crippen LogP contribution in [0.4, 0.5) is 0 Å². The second kappa shape index (κ2) is 15.0. The van der Waals surface area contributed by atoms with Crippen molar-refractivity contribution in [2.75, 3.05) is 18.6 Å². The fraction of sp³-hybridized carbons (Fsp3) is 0.857. The first kappa shape index (κ1) is 24.9. The van der Waals surface area contributed by atoms with Crippen molar-refractivity contribution in [1.29, 1.82) is 0 Å². The van der Waals surface area contributed by atoms with E-state index in [2.05, 4.69) is 77.0 Å². The summed E-state index contributed by atoms with van der Waals surface area (Å²) in [4.78, 5) is 6.93. The van der Waals surface area contributed by atoms with Crippen LogP contribution in [-0.2, 0) is 0 Å². The molecule has 0 aromatic rings. The lowest BCUT2D eigenvalue weighted by Gasteiger charge is -2.31.